The van der Waals surface area contributed by atoms with Gasteiger partial charge in [-0.25, -0.2) is 4.39 Å². The third kappa shape index (κ3) is 9.18. The molecule has 1 aliphatic carbocycles. The van der Waals surface area contributed by atoms with E-state index in [1.807, 2.05) is 13.0 Å². The molecule has 1 aliphatic rings. The van der Waals surface area contributed by atoms with Gasteiger partial charge < -0.3 is 20.4 Å². The molecule has 1 fully saturated rings. The van der Waals surface area contributed by atoms with E-state index in [0.717, 1.165) is 38.5 Å². The summed E-state index contributed by atoms with van der Waals surface area (Å²) < 4.78 is 13.5. The summed E-state index contributed by atoms with van der Waals surface area (Å²) in [6, 6.07) is 0. The number of hydrogen-bond acceptors (Lipinski definition) is 4. The Balaban J connectivity index is 2.43. The summed E-state index contributed by atoms with van der Waals surface area (Å²) in [4.78, 5) is 10.9. The molecule has 3 atom stereocenters. The van der Waals surface area contributed by atoms with Crippen molar-refractivity contribution in [3.63, 3.8) is 0 Å². The lowest BCUT2D eigenvalue weighted by Gasteiger charge is -2.21. The predicted molar refractivity (Wildman–Crippen MR) is 101 cm³/mol. The van der Waals surface area contributed by atoms with E-state index in [-0.39, 0.29) is 24.6 Å². The average Bonchev–Trinajstić information content (AvgIpc) is 3.02. The highest BCUT2D eigenvalue weighted by Gasteiger charge is 2.37. The van der Waals surface area contributed by atoms with Crippen LogP contribution in [0.5, 0.6) is 0 Å². The summed E-state index contributed by atoms with van der Waals surface area (Å²) in [5.41, 5.74) is 0. The van der Waals surface area contributed by atoms with Crippen molar-refractivity contribution in [3.8, 4) is 11.8 Å². The zero-order chi connectivity index (χ0) is 20.3. The molecule has 0 aromatic rings. The van der Waals surface area contributed by atoms with Crippen LogP contribution in [-0.4, -0.2) is 32.4 Å². The van der Waals surface area contributed by atoms with E-state index in [1.54, 1.807) is 12.2 Å². The minimum atomic E-state index is -3.22. The Morgan fingerprint density at radius 2 is 2.00 bits per heavy atom. The molecule has 6 heteroatoms. The minimum absolute atomic E-state index is 0.0768. The van der Waals surface area contributed by atoms with Crippen LogP contribution in [0.2, 0.25) is 0 Å². The van der Waals surface area contributed by atoms with E-state index in [2.05, 4.69) is 11.8 Å². The van der Waals surface area contributed by atoms with Crippen LogP contribution in [0.4, 0.5) is 4.39 Å². The highest BCUT2D eigenvalue weighted by Crippen LogP contribution is 2.34. The zero-order valence-electron chi connectivity index (χ0n) is 15.9. The minimum Gasteiger partial charge on any atom is -0.481 e. The fourth-order valence-corrected chi connectivity index (χ4v) is 3.28. The lowest BCUT2D eigenvalue weighted by Crippen LogP contribution is -2.42. The van der Waals surface area contributed by atoms with Gasteiger partial charge in [-0.15, -0.1) is 0 Å². The fourth-order valence-electron chi connectivity index (χ4n) is 3.28. The molecule has 4 N–H and O–H groups in total. The van der Waals surface area contributed by atoms with Crippen LogP contribution < -0.4 is 0 Å². The lowest BCUT2D eigenvalue weighted by atomic mass is 9.92. The Morgan fingerprint density at radius 3 is 2.63 bits per heavy atom. The second-order valence-electron chi connectivity index (χ2n) is 7.10. The first-order chi connectivity index (χ1) is 12.8. The molecule has 5 nitrogen and oxygen atoms in total. The third-order valence-corrected chi connectivity index (χ3v) is 4.85. The molecule has 27 heavy (non-hydrogen) atoms. The molecule has 0 amide bonds. The standard InChI is InChI=1S/C21H31FO5/c1-2-3-13-18(22)14-8-12-17-11-7-10-16(17)9-5-4-6-15-19(20(23)24)21(25,26)27/h4-5,13,16-17,19,25-27H,2-3,6-7,9-11,14-15H2,1H3,(H,23,24)/t16-,17+,19-/m0/s1. The van der Waals surface area contributed by atoms with Crippen molar-refractivity contribution in [1.29, 1.82) is 0 Å². The van der Waals surface area contributed by atoms with Gasteiger partial charge in [0.2, 0.25) is 0 Å². The van der Waals surface area contributed by atoms with Gasteiger partial charge in [0.05, 0.1) is 6.42 Å². The molecule has 1 rings (SSSR count). The quantitative estimate of drug-likeness (QED) is 0.263. The molecular weight excluding hydrogens is 351 g/mol. The van der Waals surface area contributed by atoms with Crippen LogP contribution in [0.3, 0.4) is 0 Å². The number of aliphatic hydroxyl groups is 3. The normalized spacial score (nSPS) is 21.9. The molecule has 0 aromatic carbocycles. The number of carbonyl (C=O) groups is 1. The molecule has 1 saturated carbocycles. The Hall–Kier alpha value is -1.68. The number of aliphatic carboxylic acids is 1. The van der Waals surface area contributed by atoms with Crippen LogP contribution in [0, 0.1) is 29.6 Å². The lowest BCUT2D eigenvalue weighted by molar-refractivity contribution is -0.337. The number of carboxylic acids is 1. The van der Waals surface area contributed by atoms with Gasteiger partial charge in [-0.05, 0) is 44.4 Å². The summed E-state index contributed by atoms with van der Waals surface area (Å²) in [5.74, 6) is 0.300. The average molecular weight is 382 g/mol. The number of hydrogen-bond donors (Lipinski definition) is 4. The number of rotatable bonds is 10. The summed E-state index contributed by atoms with van der Waals surface area (Å²) in [6.07, 6.45) is 11.3. The molecule has 0 radical (unpaired) electrons. The van der Waals surface area contributed by atoms with E-state index in [0.29, 0.717) is 12.3 Å². The highest BCUT2D eigenvalue weighted by atomic mass is 19.1. The number of halogens is 1. The van der Waals surface area contributed by atoms with E-state index < -0.39 is 17.9 Å². The predicted octanol–water partition coefficient (Wildman–Crippen LogP) is 3.51. The Kier molecular flexibility index (Phi) is 10.3. The third-order valence-electron chi connectivity index (χ3n) is 4.85. The Labute approximate surface area is 160 Å². The van der Waals surface area contributed by atoms with Gasteiger partial charge in [0, 0.05) is 5.92 Å². The van der Waals surface area contributed by atoms with E-state index in [9.17, 15) is 9.18 Å². The van der Waals surface area contributed by atoms with Crippen LogP contribution in [0.15, 0.2) is 24.1 Å². The van der Waals surface area contributed by atoms with Crippen molar-refractivity contribution < 1.29 is 29.6 Å². The highest BCUT2D eigenvalue weighted by molar-refractivity contribution is 5.70. The van der Waals surface area contributed by atoms with Gasteiger partial charge in [0.25, 0.3) is 5.97 Å². The van der Waals surface area contributed by atoms with Gasteiger partial charge in [0.15, 0.2) is 0 Å². The largest absolute Gasteiger partial charge is 0.481 e. The molecule has 0 aliphatic heterocycles. The smallest absolute Gasteiger partial charge is 0.314 e. The Morgan fingerprint density at radius 1 is 1.26 bits per heavy atom. The van der Waals surface area contributed by atoms with Crippen molar-refractivity contribution in [2.24, 2.45) is 17.8 Å². The fraction of sp³-hybridized carbons (Fsp3) is 0.667. The molecule has 0 saturated heterocycles. The number of allylic oxidation sites excluding steroid dienone is 4. The first-order valence-corrected chi connectivity index (χ1v) is 9.63. The van der Waals surface area contributed by atoms with E-state index in [1.165, 1.54) is 0 Å². The molecule has 0 aromatic heterocycles. The van der Waals surface area contributed by atoms with E-state index in [4.69, 9.17) is 20.4 Å². The van der Waals surface area contributed by atoms with Gasteiger partial charge in [-0.2, -0.15) is 0 Å². The molecular formula is C21H31FO5. The van der Waals surface area contributed by atoms with Crippen molar-refractivity contribution in [2.45, 2.75) is 70.7 Å². The molecule has 152 valence electrons. The molecule has 0 bridgehead atoms. The monoisotopic (exact) mass is 382 g/mol. The molecule has 0 spiro atoms. The van der Waals surface area contributed by atoms with Crippen LogP contribution in [-0.2, 0) is 4.79 Å². The summed E-state index contributed by atoms with van der Waals surface area (Å²) in [7, 11) is 0. The Bertz CT molecular complexity index is 580. The number of carboxylic acid groups (broad SMARTS) is 1. The maximum atomic E-state index is 13.5. The van der Waals surface area contributed by atoms with Crippen LogP contribution in [0.1, 0.15) is 64.7 Å². The summed E-state index contributed by atoms with van der Waals surface area (Å²) in [5, 5.41) is 36.0. The maximum Gasteiger partial charge on any atom is 0.314 e. The first kappa shape index (κ1) is 23.4. The van der Waals surface area contributed by atoms with Gasteiger partial charge >= 0.3 is 5.97 Å². The first-order valence-electron chi connectivity index (χ1n) is 9.63. The van der Waals surface area contributed by atoms with Gasteiger partial charge in [-0.1, -0.05) is 49.8 Å². The van der Waals surface area contributed by atoms with E-state index >= 15 is 0 Å². The second-order valence-corrected chi connectivity index (χ2v) is 7.10. The van der Waals surface area contributed by atoms with Crippen molar-refractivity contribution in [1.82, 2.24) is 0 Å². The number of unbranched alkanes of at least 4 members (excludes halogenated alkanes) is 1. The van der Waals surface area contributed by atoms with Gasteiger partial charge in [0.1, 0.15) is 11.7 Å². The van der Waals surface area contributed by atoms with Crippen molar-refractivity contribution in [3.05, 3.63) is 24.1 Å². The zero-order valence-corrected chi connectivity index (χ0v) is 15.9. The SMILES string of the molecule is CCCC=C(F)CC#C[C@H]1CCC[C@@H]1CC=CCC[C@@H](C(=O)O)C(O)(O)O. The topological polar surface area (TPSA) is 98.0 Å². The van der Waals surface area contributed by atoms with Crippen LogP contribution >= 0.6 is 0 Å². The molecule has 0 unspecified atom stereocenters. The maximum absolute atomic E-state index is 13.5. The van der Waals surface area contributed by atoms with Crippen molar-refractivity contribution in [2.75, 3.05) is 0 Å². The summed E-state index contributed by atoms with van der Waals surface area (Å²) >= 11 is 0. The second kappa shape index (κ2) is 11.9. The van der Waals surface area contributed by atoms with Gasteiger partial charge in [-0.3, -0.25) is 4.79 Å². The molecule has 0 heterocycles. The summed E-state index contributed by atoms with van der Waals surface area (Å²) in [6.45, 7) is 2.00. The van der Waals surface area contributed by atoms with Crippen LogP contribution in [0.25, 0.3) is 0 Å². The van der Waals surface area contributed by atoms with Crippen molar-refractivity contribution >= 4 is 5.97 Å².